The maximum Gasteiger partial charge on any atom is 0.348 e. The highest BCUT2D eigenvalue weighted by Gasteiger charge is 2.29. The Labute approximate surface area is 156 Å². The smallest absolute Gasteiger partial charge is 0.342 e. The molecule has 0 aromatic carbocycles. The van der Waals surface area contributed by atoms with Crippen LogP contribution in [-0.4, -0.2) is 38.7 Å². The highest BCUT2D eigenvalue weighted by atomic mass is 32.1. The van der Waals surface area contributed by atoms with Gasteiger partial charge in [-0.3, -0.25) is 4.79 Å². The first-order valence-electron chi connectivity index (χ1n) is 9.36. The lowest BCUT2D eigenvalue weighted by Crippen LogP contribution is -2.42. The SMILES string of the molecule is O=C(C1CC=CCC1)N1CCC(Cc2n[nH]c(=O)n2-c2cccs2)CC1. The van der Waals surface area contributed by atoms with E-state index in [-0.39, 0.29) is 11.6 Å². The van der Waals surface area contributed by atoms with Crippen molar-refractivity contribution in [2.24, 2.45) is 11.8 Å². The predicted octanol–water partition coefficient (Wildman–Crippen LogP) is 2.76. The molecule has 1 saturated heterocycles. The number of rotatable bonds is 4. The molecule has 3 heterocycles. The third kappa shape index (κ3) is 3.53. The Kier molecular flexibility index (Phi) is 5.06. The number of piperidine rings is 1. The summed E-state index contributed by atoms with van der Waals surface area (Å²) in [5.41, 5.74) is -0.180. The fourth-order valence-corrected chi connectivity index (χ4v) is 4.73. The topological polar surface area (TPSA) is 71.0 Å². The zero-order chi connectivity index (χ0) is 17.9. The number of nitrogens with one attached hydrogen (secondary N) is 1. The first-order chi connectivity index (χ1) is 12.7. The van der Waals surface area contributed by atoms with Gasteiger partial charge in [0, 0.05) is 25.4 Å². The van der Waals surface area contributed by atoms with E-state index in [9.17, 15) is 9.59 Å². The fraction of sp³-hybridized carbons (Fsp3) is 0.526. The number of hydrogen-bond acceptors (Lipinski definition) is 4. The minimum Gasteiger partial charge on any atom is -0.342 e. The van der Waals surface area contributed by atoms with Gasteiger partial charge in [-0.15, -0.1) is 11.3 Å². The summed E-state index contributed by atoms with van der Waals surface area (Å²) in [4.78, 5) is 26.8. The summed E-state index contributed by atoms with van der Waals surface area (Å²) in [5, 5.41) is 9.68. The molecule has 6 nitrogen and oxygen atoms in total. The van der Waals surface area contributed by atoms with Gasteiger partial charge in [0.15, 0.2) is 0 Å². The molecule has 1 amide bonds. The van der Waals surface area contributed by atoms with Crippen molar-refractivity contribution in [2.75, 3.05) is 13.1 Å². The normalized spacial score (nSPS) is 21.2. The Morgan fingerprint density at radius 2 is 2.12 bits per heavy atom. The van der Waals surface area contributed by atoms with Crippen LogP contribution in [0.3, 0.4) is 0 Å². The number of amides is 1. The predicted molar refractivity (Wildman–Crippen MR) is 102 cm³/mol. The summed E-state index contributed by atoms with van der Waals surface area (Å²) in [5.74, 6) is 1.74. The third-order valence-electron chi connectivity index (χ3n) is 5.48. The van der Waals surface area contributed by atoms with Gasteiger partial charge in [0.05, 0.1) is 0 Å². The second-order valence-corrected chi connectivity index (χ2v) is 8.11. The third-order valence-corrected chi connectivity index (χ3v) is 6.34. The van der Waals surface area contributed by atoms with E-state index in [0.717, 1.165) is 62.4 Å². The second-order valence-electron chi connectivity index (χ2n) is 7.19. The molecule has 1 atom stereocenters. The molecule has 1 N–H and O–H groups in total. The molecular weight excluding hydrogens is 348 g/mol. The summed E-state index contributed by atoms with van der Waals surface area (Å²) in [7, 11) is 0. The van der Waals surface area contributed by atoms with Crippen LogP contribution in [0, 0.1) is 11.8 Å². The van der Waals surface area contributed by atoms with Crippen molar-refractivity contribution in [2.45, 2.75) is 38.5 Å². The van der Waals surface area contributed by atoms with Gasteiger partial charge in [0.25, 0.3) is 0 Å². The molecule has 2 aliphatic rings. The molecule has 0 radical (unpaired) electrons. The number of allylic oxidation sites excluding steroid dienone is 2. The van der Waals surface area contributed by atoms with E-state index in [1.54, 1.807) is 4.57 Å². The summed E-state index contributed by atoms with van der Waals surface area (Å²) in [6.45, 7) is 1.63. The first-order valence-corrected chi connectivity index (χ1v) is 10.2. The van der Waals surface area contributed by atoms with Crippen LogP contribution in [-0.2, 0) is 11.2 Å². The van der Waals surface area contributed by atoms with Crippen LogP contribution in [0.2, 0.25) is 0 Å². The Bertz CT molecular complexity index is 828. The molecule has 0 spiro atoms. The molecule has 4 rings (SSSR count). The van der Waals surface area contributed by atoms with Gasteiger partial charge in [0.1, 0.15) is 10.8 Å². The first kappa shape index (κ1) is 17.3. The van der Waals surface area contributed by atoms with Crippen molar-refractivity contribution in [3.05, 3.63) is 46.0 Å². The van der Waals surface area contributed by atoms with Gasteiger partial charge in [0.2, 0.25) is 5.91 Å². The van der Waals surface area contributed by atoms with Crippen LogP contribution in [0.5, 0.6) is 0 Å². The Morgan fingerprint density at radius 3 is 2.81 bits per heavy atom. The van der Waals surface area contributed by atoms with Crippen LogP contribution in [0.15, 0.2) is 34.5 Å². The average Bonchev–Trinajstić information content (AvgIpc) is 3.32. The number of carbonyl (C=O) groups is 1. The minimum atomic E-state index is -0.180. The van der Waals surface area contributed by atoms with Gasteiger partial charge >= 0.3 is 5.69 Å². The lowest BCUT2D eigenvalue weighted by Gasteiger charge is -2.34. The molecule has 2 aromatic heterocycles. The lowest BCUT2D eigenvalue weighted by atomic mass is 9.89. The standard InChI is InChI=1S/C19H24N4O2S/c24-18(15-5-2-1-3-6-15)22-10-8-14(9-11-22)13-16-20-21-19(25)23(16)17-7-4-12-26-17/h1-2,4,7,12,14-15H,3,5-6,8-11,13H2,(H,21,25). The van der Waals surface area contributed by atoms with E-state index >= 15 is 0 Å². The van der Waals surface area contributed by atoms with Gasteiger partial charge in [-0.1, -0.05) is 12.2 Å². The van der Waals surface area contributed by atoms with Gasteiger partial charge in [-0.05, 0) is 55.5 Å². The number of nitrogens with zero attached hydrogens (tertiary/aromatic N) is 3. The Morgan fingerprint density at radius 1 is 1.27 bits per heavy atom. The summed E-state index contributed by atoms with van der Waals surface area (Å²) >= 11 is 1.54. The summed E-state index contributed by atoms with van der Waals surface area (Å²) in [6, 6.07) is 3.87. The van der Waals surface area contributed by atoms with Crippen LogP contribution in [0.4, 0.5) is 0 Å². The molecule has 1 aliphatic carbocycles. The van der Waals surface area contributed by atoms with E-state index in [2.05, 4.69) is 22.3 Å². The fourth-order valence-electron chi connectivity index (χ4n) is 3.98. The molecule has 1 aliphatic heterocycles. The van der Waals surface area contributed by atoms with Crippen molar-refractivity contribution in [1.82, 2.24) is 19.7 Å². The van der Waals surface area contributed by atoms with Crippen LogP contribution < -0.4 is 5.69 Å². The van der Waals surface area contributed by atoms with Crippen molar-refractivity contribution < 1.29 is 4.79 Å². The van der Waals surface area contributed by atoms with Crippen LogP contribution >= 0.6 is 11.3 Å². The molecule has 0 saturated carbocycles. The molecular formula is C19H24N4O2S. The largest absolute Gasteiger partial charge is 0.348 e. The number of hydrogen-bond donors (Lipinski definition) is 1. The molecule has 1 unspecified atom stereocenters. The van der Waals surface area contributed by atoms with Crippen molar-refractivity contribution in [3.8, 4) is 5.00 Å². The number of aromatic amines is 1. The lowest BCUT2D eigenvalue weighted by molar-refractivity contribution is -0.137. The zero-order valence-electron chi connectivity index (χ0n) is 14.8. The van der Waals surface area contributed by atoms with E-state index in [1.165, 1.54) is 11.3 Å². The van der Waals surface area contributed by atoms with Crippen molar-refractivity contribution in [3.63, 3.8) is 0 Å². The average molecular weight is 372 g/mol. The van der Waals surface area contributed by atoms with E-state index in [1.807, 2.05) is 22.4 Å². The number of carbonyl (C=O) groups excluding carboxylic acids is 1. The minimum absolute atomic E-state index is 0.173. The molecule has 2 aromatic rings. The highest BCUT2D eigenvalue weighted by Crippen LogP contribution is 2.26. The van der Waals surface area contributed by atoms with Crippen LogP contribution in [0.25, 0.3) is 5.00 Å². The maximum absolute atomic E-state index is 12.7. The molecule has 0 bridgehead atoms. The van der Waals surface area contributed by atoms with Gasteiger partial charge in [-0.2, -0.15) is 5.10 Å². The van der Waals surface area contributed by atoms with Crippen molar-refractivity contribution >= 4 is 17.2 Å². The second kappa shape index (κ2) is 7.61. The van der Waals surface area contributed by atoms with E-state index in [0.29, 0.717) is 11.8 Å². The number of likely N-dealkylation sites (tertiary alicyclic amines) is 1. The van der Waals surface area contributed by atoms with E-state index in [4.69, 9.17) is 0 Å². The monoisotopic (exact) mass is 372 g/mol. The van der Waals surface area contributed by atoms with Gasteiger partial charge < -0.3 is 4.90 Å². The number of H-pyrrole nitrogens is 1. The summed E-state index contributed by atoms with van der Waals surface area (Å²) in [6.07, 6.45) is 9.92. The Hall–Kier alpha value is -2.15. The molecule has 1 fully saturated rings. The zero-order valence-corrected chi connectivity index (χ0v) is 15.6. The maximum atomic E-state index is 12.7. The molecule has 138 valence electrons. The molecule has 7 heteroatoms. The van der Waals surface area contributed by atoms with Crippen molar-refractivity contribution in [1.29, 1.82) is 0 Å². The number of thiophene rings is 1. The van der Waals surface area contributed by atoms with Crippen LogP contribution in [0.1, 0.15) is 37.9 Å². The van der Waals surface area contributed by atoms with E-state index < -0.39 is 0 Å². The quantitative estimate of drug-likeness (QED) is 0.839. The summed E-state index contributed by atoms with van der Waals surface area (Å²) < 4.78 is 1.68. The highest BCUT2D eigenvalue weighted by molar-refractivity contribution is 7.12. The molecule has 26 heavy (non-hydrogen) atoms. The number of aromatic nitrogens is 3. The van der Waals surface area contributed by atoms with Gasteiger partial charge in [-0.25, -0.2) is 14.5 Å². The Balaban J connectivity index is 1.37.